The second kappa shape index (κ2) is 6.35. The number of nitrogens with one attached hydrogen (secondary N) is 1. The number of ether oxygens (including phenoxy) is 1. The highest BCUT2D eigenvalue weighted by atomic mass is 16.7. The molecule has 1 N–H and O–H groups in total. The third-order valence-corrected chi connectivity index (χ3v) is 3.97. The maximum Gasteiger partial charge on any atom is 0.272 e. The van der Waals surface area contributed by atoms with E-state index in [1.165, 1.54) is 0 Å². The molecule has 0 spiro atoms. The molecule has 0 radical (unpaired) electrons. The van der Waals surface area contributed by atoms with Gasteiger partial charge in [-0.15, -0.1) is 0 Å². The van der Waals surface area contributed by atoms with E-state index in [1.807, 2.05) is 37.4 Å². The molecule has 1 aromatic carbocycles. The summed E-state index contributed by atoms with van der Waals surface area (Å²) in [6, 6.07) is 9.25. The van der Waals surface area contributed by atoms with Gasteiger partial charge >= 0.3 is 0 Å². The summed E-state index contributed by atoms with van der Waals surface area (Å²) in [5, 5.41) is 11.1. The van der Waals surface area contributed by atoms with Crippen molar-refractivity contribution in [2.75, 3.05) is 12.4 Å². The minimum absolute atomic E-state index is 0.267. The van der Waals surface area contributed by atoms with Gasteiger partial charge in [-0.1, -0.05) is 5.16 Å². The predicted octanol–water partition coefficient (Wildman–Crippen LogP) is 2.43. The van der Waals surface area contributed by atoms with Crippen LogP contribution in [0.2, 0.25) is 0 Å². The molecule has 1 aliphatic heterocycles. The van der Waals surface area contributed by atoms with Gasteiger partial charge in [-0.05, 0) is 43.7 Å². The van der Waals surface area contributed by atoms with E-state index in [4.69, 9.17) is 9.57 Å². The van der Waals surface area contributed by atoms with Crippen molar-refractivity contribution in [3.8, 4) is 5.75 Å². The van der Waals surface area contributed by atoms with Crippen LogP contribution in [0.3, 0.4) is 0 Å². The number of hydrogen-bond acceptors (Lipinski definition) is 5. The normalized spacial score (nSPS) is 19.5. The molecule has 1 amide bonds. The van der Waals surface area contributed by atoms with Crippen LogP contribution in [0.15, 0.2) is 41.7 Å². The molecule has 1 aliphatic rings. The third kappa shape index (κ3) is 3.10. The highest BCUT2D eigenvalue weighted by Crippen LogP contribution is 2.28. The summed E-state index contributed by atoms with van der Waals surface area (Å²) in [7, 11) is 1.62. The summed E-state index contributed by atoms with van der Waals surface area (Å²) in [4.78, 5) is 18.0. The number of carbonyl (C=O) groups is 1. The smallest absolute Gasteiger partial charge is 0.272 e. The third-order valence-electron chi connectivity index (χ3n) is 3.97. The number of aryl methyl sites for hydroxylation is 1. The lowest BCUT2D eigenvalue weighted by atomic mass is 9.95. The SMILES string of the molecule is CCn1ccc(NC(=O)[C@]2(C)CC(c3ccc(OC)cc3)=NO2)n1. The van der Waals surface area contributed by atoms with E-state index < -0.39 is 5.60 Å². The Hall–Kier alpha value is -2.83. The van der Waals surface area contributed by atoms with Gasteiger partial charge < -0.3 is 14.9 Å². The predicted molar refractivity (Wildman–Crippen MR) is 90.2 cm³/mol. The number of benzene rings is 1. The highest BCUT2D eigenvalue weighted by Gasteiger charge is 2.42. The zero-order valence-corrected chi connectivity index (χ0v) is 13.9. The van der Waals surface area contributed by atoms with Crippen molar-refractivity contribution in [3.63, 3.8) is 0 Å². The fourth-order valence-corrected chi connectivity index (χ4v) is 2.45. The molecule has 3 rings (SSSR count). The van der Waals surface area contributed by atoms with Gasteiger partial charge in [-0.25, -0.2) is 0 Å². The summed E-state index contributed by atoms with van der Waals surface area (Å²) >= 11 is 0. The van der Waals surface area contributed by atoms with E-state index in [0.29, 0.717) is 12.2 Å². The molecule has 0 saturated heterocycles. The summed E-state index contributed by atoms with van der Waals surface area (Å²) in [5.74, 6) is 1.01. The molecule has 2 aromatic rings. The van der Waals surface area contributed by atoms with Crippen LogP contribution in [-0.2, 0) is 16.2 Å². The number of oxime groups is 1. The molecule has 24 heavy (non-hydrogen) atoms. The lowest BCUT2D eigenvalue weighted by Gasteiger charge is -2.19. The van der Waals surface area contributed by atoms with Gasteiger partial charge in [0.2, 0.25) is 5.60 Å². The fraction of sp³-hybridized carbons (Fsp3) is 0.353. The minimum atomic E-state index is -1.05. The standard InChI is InChI=1S/C17H20N4O3/c1-4-21-10-9-15(19-21)18-16(22)17(2)11-14(20-24-17)12-5-7-13(23-3)8-6-12/h5-10H,4,11H2,1-3H3,(H,18,19,22)/t17-/m0/s1. The quantitative estimate of drug-likeness (QED) is 0.914. The molecule has 0 fully saturated rings. The molecule has 0 aliphatic carbocycles. The first-order chi connectivity index (χ1) is 11.5. The molecule has 1 aromatic heterocycles. The maximum absolute atomic E-state index is 12.5. The van der Waals surface area contributed by atoms with Gasteiger partial charge in [0.25, 0.3) is 5.91 Å². The Morgan fingerprint density at radius 2 is 2.12 bits per heavy atom. The molecular weight excluding hydrogens is 308 g/mol. The van der Waals surface area contributed by atoms with Gasteiger partial charge in [0, 0.05) is 25.2 Å². The van der Waals surface area contributed by atoms with E-state index in [9.17, 15) is 4.79 Å². The Kier molecular flexibility index (Phi) is 4.24. The fourth-order valence-electron chi connectivity index (χ4n) is 2.45. The lowest BCUT2D eigenvalue weighted by molar-refractivity contribution is -0.135. The molecular formula is C17H20N4O3. The van der Waals surface area contributed by atoms with Crippen LogP contribution in [0.25, 0.3) is 0 Å². The molecule has 0 saturated carbocycles. The van der Waals surface area contributed by atoms with Gasteiger partial charge in [-0.3, -0.25) is 9.48 Å². The summed E-state index contributed by atoms with van der Waals surface area (Å²) in [6.45, 7) is 4.45. The number of aromatic nitrogens is 2. The summed E-state index contributed by atoms with van der Waals surface area (Å²) in [6.07, 6.45) is 2.20. The van der Waals surface area contributed by atoms with Crippen molar-refractivity contribution in [1.82, 2.24) is 9.78 Å². The molecule has 1 atom stereocenters. The zero-order valence-electron chi connectivity index (χ0n) is 13.9. The number of amides is 1. The largest absolute Gasteiger partial charge is 0.497 e. The van der Waals surface area contributed by atoms with Crippen molar-refractivity contribution in [1.29, 1.82) is 0 Å². The maximum atomic E-state index is 12.5. The molecule has 2 heterocycles. The Morgan fingerprint density at radius 1 is 1.38 bits per heavy atom. The van der Waals surface area contributed by atoms with Crippen LogP contribution in [0.4, 0.5) is 5.82 Å². The number of rotatable bonds is 5. The first-order valence-electron chi connectivity index (χ1n) is 7.78. The Bertz CT molecular complexity index is 766. The van der Waals surface area contributed by atoms with Crippen molar-refractivity contribution < 1.29 is 14.4 Å². The van der Waals surface area contributed by atoms with Crippen LogP contribution in [0, 0.1) is 0 Å². The number of methoxy groups -OCH3 is 1. The van der Waals surface area contributed by atoms with Crippen molar-refractivity contribution in [2.45, 2.75) is 32.4 Å². The van der Waals surface area contributed by atoms with E-state index in [1.54, 1.807) is 24.8 Å². The molecule has 0 bridgehead atoms. The van der Waals surface area contributed by atoms with Crippen LogP contribution in [0.5, 0.6) is 5.75 Å². The molecule has 126 valence electrons. The number of nitrogens with zero attached hydrogens (tertiary/aromatic N) is 3. The first-order valence-corrected chi connectivity index (χ1v) is 7.78. The van der Waals surface area contributed by atoms with E-state index in [2.05, 4.69) is 15.6 Å². The average Bonchev–Trinajstić information content (AvgIpc) is 3.22. The van der Waals surface area contributed by atoms with Gasteiger partial charge in [0.05, 0.1) is 12.8 Å². The van der Waals surface area contributed by atoms with Gasteiger partial charge in [0.15, 0.2) is 5.82 Å². The monoisotopic (exact) mass is 328 g/mol. The second-order valence-corrected chi connectivity index (χ2v) is 5.78. The summed E-state index contributed by atoms with van der Waals surface area (Å²) < 4.78 is 6.89. The first kappa shape index (κ1) is 16.0. The van der Waals surface area contributed by atoms with E-state index in [-0.39, 0.29) is 5.91 Å². The zero-order chi connectivity index (χ0) is 17.2. The van der Waals surface area contributed by atoms with Crippen LogP contribution in [0.1, 0.15) is 25.8 Å². The highest BCUT2D eigenvalue weighted by molar-refractivity contribution is 6.07. The number of anilines is 1. The molecule has 7 heteroatoms. The Morgan fingerprint density at radius 3 is 2.75 bits per heavy atom. The van der Waals surface area contributed by atoms with Crippen molar-refractivity contribution >= 4 is 17.4 Å². The molecule has 7 nitrogen and oxygen atoms in total. The van der Waals surface area contributed by atoms with Crippen LogP contribution in [-0.4, -0.2) is 34.1 Å². The van der Waals surface area contributed by atoms with Crippen LogP contribution < -0.4 is 10.1 Å². The minimum Gasteiger partial charge on any atom is -0.497 e. The lowest BCUT2D eigenvalue weighted by Crippen LogP contribution is -2.40. The average molecular weight is 328 g/mol. The van der Waals surface area contributed by atoms with Gasteiger partial charge in [0.1, 0.15) is 5.75 Å². The van der Waals surface area contributed by atoms with Crippen molar-refractivity contribution in [2.24, 2.45) is 5.16 Å². The molecule has 0 unspecified atom stereocenters. The van der Waals surface area contributed by atoms with Crippen molar-refractivity contribution in [3.05, 3.63) is 42.1 Å². The number of carbonyl (C=O) groups excluding carboxylic acids is 1. The second-order valence-electron chi connectivity index (χ2n) is 5.78. The van der Waals surface area contributed by atoms with E-state index >= 15 is 0 Å². The summed E-state index contributed by atoms with van der Waals surface area (Å²) in [5.41, 5.74) is 0.586. The Labute approximate surface area is 140 Å². The van der Waals surface area contributed by atoms with Gasteiger partial charge in [-0.2, -0.15) is 5.10 Å². The van der Waals surface area contributed by atoms with Crippen LogP contribution >= 0.6 is 0 Å². The topological polar surface area (TPSA) is 77.7 Å². The van der Waals surface area contributed by atoms with E-state index in [0.717, 1.165) is 23.6 Å². The Balaban J connectivity index is 1.67. The number of hydrogen-bond donors (Lipinski definition) is 1.